The van der Waals surface area contributed by atoms with Crippen molar-refractivity contribution in [2.75, 3.05) is 10.6 Å². The topological polar surface area (TPSA) is 81.1 Å². The number of nitrogens with zero attached hydrogens (tertiary/aromatic N) is 3. The van der Waals surface area contributed by atoms with Crippen molar-refractivity contribution in [3.63, 3.8) is 0 Å². The second-order valence-corrected chi connectivity index (χ2v) is 8.35. The molecule has 7 heteroatoms. The van der Waals surface area contributed by atoms with Crippen molar-refractivity contribution in [3.05, 3.63) is 107 Å². The van der Waals surface area contributed by atoms with Crippen LogP contribution >= 0.6 is 0 Å². The number of fused-ring (bicyclic) bond motifs is 1. The van der Waals surface area contributed by atoms with Gasteiger partial charge in [-0.3, -0.25) is 4.79 Å². The fourth-order valence-corrected chi connectivity index (χ4v) is 4.21. The Morgan fingerprint density at radius 1 is 0.971 bits per heavy atom. The number of ether oxygens (including phenoxy) is 1. The van der Waals surface area contributed by atoms with Gasteiger partial charge in [-0.2, -0.15) is 10.1 Å². The standard InChI is InChI=1S/C27H25N5O2/c1-17-12-13-23(18(2)14-17)31-26(33)24-19(3)30-27-28-16-29-32(27)25(24)20-8-7-11-22(15-20)34-21-9-5-4-6-10-21/h4-16,25H,1-3H3,(H,31,33)(H,28,29,30)/t25-/m0/s1. The first-order valence-electron chi connectivity index (χ1n) is 11.1. The van der Waals surface area contributed by atoms with Gasteiger partial charge in [0, 0.05) is 11.4 Å². The minimum absolute atomic E-state index is 0.197. The van der Waals surface area contributed by atoms with E-state index in [1.165, 1.54) is 6.33 Å². The molecule has 7 nitrogen and oxygen atoms in total. The number of aromatic nitrogens is 3. The minimum Gasteiger partial charge on any atom is -0.457 e. The summed E-state index contributed by atoms with van der Waals surface area (Å²) in [4.78, 5) is 17.9. The average molecular weight is 452 g/mol. The van der Waals surface area contributed by atoms with E-state index in [0.29, 0.717) is 17.3 Å². The molecule has 2 N–H and O–H groups in total. The maximum atomic E-state index is 13.6. The molecule has 5 rings (SSSR count). The van der Waals surface area contributed by atoms with Crippen LogP contribution in [0.2, 0.25) is 0 Å². The molecule has 1 aromatic heterocycles. The Morgan fingerprint density at radius 3 is 2.56 bits per heavy atom. The van der Waals surface area contributed by atoms with E-state index in [-0.39, 0.29) is 5.91 Å². The maximum absolute atomic E-state index is 13.6. The Hall–Kier alpha value is -4.39. The zero-order chi connectivity index (χ0) is 23.7. The summed E-state index contributed by atoms with van der Waals surface area (Å²) < 4.78 is 7.77. The van der Waals surface area contributed by atoms with Crippen LogP contribution in [-0.4, -0.2) is 20.7 Å². The molecule has 1 aliphatic heterocycles. The van der Waals surface area contributed by atoms with Crippen molar-refractivity contribution in [3.8, 4) is 11.5 Å². The minimum atomic E-state index is -0.469. The summed E-state index contributed by atoms with van der Waals surface area (Å²) in [5.74, 6) is 1.80. The largest absolute Gasteiger partial charge is 0.457 e. The van der Waals surface area contributed by atoms with Crippen LogP contribution in [0, 0.1) is 13.8 Å². The highest BCUT2D eigenvalue weighted by atomic mass is 16.5. The number of nitrogens with one attached hydrogen (secondary N) is 2. The summed E-state index contributed by atoms with van der Waals surface area (Å²) in [5, 5.41) is 10.7. The van der Waals surface area contributed by atoms with Gasteiger partial charge in [0.1, 0.15) is 23.9 Å². The lowest BCUT2D eigenvalue weighted by Crippen LogP contribution is -2.31. The lowest BCUT2D eigenvalue weighted by atomic mass is 9.94. The molecule has 3 aromatic carbocycles. The monoisotopic (exact) mass is 451 g/mol. The molecule has 34 heavy (non-hydrogen) atoms. The molecule has 1 atom stereocenters. The number of aryl methyl sites for hydroxylation is 2. The molecular weight excluding hydrogens is 426 g/mol. The predicted molar refractivity (Wildman–Crippen MR) is 132 cm³/mol. The number of hydrogen-bond acceptors (Lipinski definition) is 5. The normalized spacial score (nSPS) is 14.9. The van der Waals surface area contributed by atoms with Gasteiger partial charge in [-0.1, -0.05) is 48.0 Å². The molecule has 0 radical (unpaired) electrons. The molecule has 2 heterocycles. The highest BCUT2D eigenvalue weighted by molar-refractivity contribution is 6.06. The number of allylic oxidation sites excluding steroid dienone is 1. The SMILES string of the molecule is CC1=C(C(=O)Nc2ccc(C)cc2C)[C@H](c2cccc(Oc3ccccc3)c2)n2ncnc2N1. The van der Waals surface area contributed by atoms with Crippen molar-refractivity contribution < 1.29 is 9.53 Å². The number of para-hydroxylation sites is 1. The van der Waals surface area contributed by atoms with E-state index >= 15 is 0 Å². The van der Waals surface area contributed by atoms with Crippen LogP contribution in [0.5, 0.6) is 11.5 Å². The molecule has 0 unspecified atom stereocenters. The Bertz CT molecular complexity index is 1390. The van der Waals surface area contributed by atoms with E-state index in [0.717, 1.165) is 33.8 Å². The molecule has 170 valence electrons. The van der Waals surface area contributed by atoms with Crippen LogP contribution < -0.4 is 15.4 Å². The van der Waals surface area contributed by atoms with E-state index < -0.39 is 6.04 Å². The molecule has 0 saturated heterocycles. The molecule has 0 aliphatic carbocycles. The molecular formula is C27H25N5O2. The van der Waals surface area contributed by atoms with Crippen molar-refractivity contribution in [1.82, 2.24) is 14.8 Å². The number of rotatable bonds is 5. The van der Waals surface area contributed by atoms with Crippen molar-refractivity contribution in [1.29, 1.82) is 0 Å². The smallest absolute Gasteiger partial charge is 0.255 e. The van der Waals surface area contributed by atoms with Gasteiger partial charge in [-0.05, 0) is 62.2 Å². The summed E-state index contributed by atoms with van der Waals surface area (Å²) in [6, 6.07) is 22.8. The van der Waals surface area contributed by atoms with Crippen LogP contribution in [0.15, 0.2) is 90.4 Å². The van der Waals surface area contributed by atoms with Crippen LogP contribution in [0.3, 0.4) is 0 Å². The fraction of sp³-hybridized carbons (Fsp3) is 0.148. The third-order valence-corrected chi connectivity index (χ3v) is 5.82. The molecule has 4 aromatic rings. The van der Waals surface area contributed by atoms with Gasteiger partial charge < -0.3 is 15.4 Å². The molecule has 1 amide bonds. The first kappa shape index (κ1) is 21.5. The van der Waals surface area contributed by atoms with Gasteiger partial charge in [0.15, 0.2) is 0 Å². The average Bonchev–Trinajstić information content (AvgIpc) is 3.29. The molecule has 1 aliphatic rings. The molecule has 0 fully saturated rings. The number of hydrogen-bond donors (Lipinski definition) is 2. The Labute approximate surface area is 198 Å². The van der Waals surface area contributed by atoms with Gasteiger partial charge in [0.25, 0.3) is 5.91 Å². The zero-order valence-corrected chi connectivity index (χ0v) is 19.2. The van der Waals surface area contributed by atoms with Gasteiger partial charge in [0.05, 0.1) is 5.57 Å². The lowest BCUT2D eigenvalue weighted by molar-refractivity contribution is -0.113. The van der Waals surface area contributed by atoms with Crippen molar-refractivity contribution in [2.24, 2.45) is 0 Å². The summed E-state index contributed by atoms with van der Waals surface area (Å²) in [6.07, 6.45) is 1.48. The number of carbonyl (C=O) groups excluding carboxylic acids is 1. The van der Waals surface area contributed by atoms with Crippen LogP contribution in [0.4, 0.5) is 11.6 Å². The van der Waals surface area contributed by atoms with Gasteiger partial charge in [-0.15, -0.1) is 0 Å². The van der Waals surface area contributed by atoms with E-state index in [4.69, 9.17) is 4.74 Å². The van der Waals surface area contributed by atoms with E-state index in [1.807, 2.05) is 93.6 Å². The number of amides is 1. The first-order chi connectivity index (χ1) is 16.5. The van der Waals surface area contributed by atoms with Crippen LogP contribution in [0.25, 0.3) is 0 Å². The summed E-state index contributed by atoms with van der Waals surface area (Å²) in [5.41, 5.74) is 5.08. The van der Waals surface area contributed by atoms with Crippen LogP contribution in [0.1, 0.15) is 29.7 Å². The first-order valence-corrected chi connectivity index (χ1v) is 11.1. The molecule has 0 spiro atoms. The third-order valence-electron chi connectivity index (χ3n) is 5.82. The highest BCUT2D eigenvalue weighted by Gasteiger charge is 2.33. The van der Waals surface area contributed by atoms with E-state index in [9.17, 15) is 4.79 Å². The van der Waals surface area contributed by atoms with Gasteiger partial charge in [0.2, 0.25) is 5.95 Å². The zero-order valence-electron chi connectivity index (χ0n) is 19.2. The van der Waals surface area contributed by atoms with E-state index in [1.54, 1.807) is 4.68 Å². The number of carbonyl (C=O) groups is 1. The number of anilines is 2. The second kappa shape index (κ2) is 8.86. The summed E-state index contributed by atoms with van der Waals surface area (Å²) in [7, 11) is 0. The fourth-order valence-electron chi connectivity index (χ4n) is 4.21. The van der Waals surface area contributed by atoms with Crippen molar-refractivity contribution in [2.45, 2.75) is 26.8 Å². The quantitative estimate of drug-likeness (QED) is 0.412. The van der Waals surface area contributed by atoms with Crippen LogP contribution in [-0.2, 0) is 4.79 Å². The van der Waals surface area contributed by atoms with E-state index in [2.05, 4.69) is 20.7 Å². The molecule has 0 bridgehead atoms. The summed E-state index contributed by atoms with van der Waals surface area (Å²) >= 11 is 0. The van der Waals surface area contributed by atoms with Gasteiger partial charge >= 0.3 is 0 Å². The maximum Gasteiger partial charge on any atom is 0.255 e. The second-order valence-electron chi connectivity index (χ2n) is 8.35. The van der Waals surface area contributed by atoms with Crippen molar-refractivity contribution >= 4 is 17.5 Å². The Morgan fingerprint density at radius 2 is 1.76 bits per heavy atom. The predicted octanol–water partition coefficient (Wildman–Crippen LogP) is 5.61. The summed E-state index contributed by atoms with van der Waals surface area (Å²) in [6.45, 7) is 5.90. The van der Waals surface area contributed by atoms with Gasteiger partial charge in [-0.25, -0.2) is 4.68 Å². The molecule has 0 saturated carbocycles. The highest BCUT2D eigenvalue weighted by Crippen LogP contribution is 2.37. The lowest BCUT2D eigenvalue weighted by Gasteiger charge is -2.29. The number of benzene rings is 3. The Kier molecular flexibility index (Phi) is 5.59. The Balaban J connectivity index is 1.52. The third kappa shape index (κ3) is 4.15.